The molecule has 0 aliphatic carbocycles. The molecule has 0 saturated heterocycles. The molecule has 0 bridgehead atoms. The number of hydrogen-bond acceptors (Lipinski definition) is 6. The first-order chi connectivity index (χ1) is 11.5. The fourth-order valence-corrected chi connectivity index (χ4v) is 2.87. The number of aromatic nitrogens is 4. The summed E-state index contributed by atoms with van der Waals surface area (Å²) in [5.41, 5.74) is 9.43. The first-order valence-electron chi connectivity index (χ1n) is 7.54. The molecule has 24 heavy (non-hydrogen) atoms. The van der Waals surface area contributed by atoms with Crippen LogP contribution in [0.4, 0.5) is 0 Å². The van der Waals surface area contributed by atoms with Gasteiger partial charge in [0.25, 0.3) is 5.56 Å². The first-order valence-corrected chi connectivity index (χ1v) is 7.54. The van der Waals surface area contributed by atoms with Crippen molar-refractivity contribution in [1.82, 2.24) is 20.2 Å². The van der Waals surface area contributed by atoms with Gasteiger partial charge in [0, 0.05) is 30.1 Å². The fourth-order valence-electron chi connectivity index (χ4n) is 2.87. The van der Waals surface area contributed by atoms with Crippen LogP contribution in [0.5, 0.6) is 0 Å². The van der Waals surface area contributed by atoms with Gasteiger partial charge in [-0.2, -0.15) is 5.10 Å². The van der Waals surface area contributed by atoms with Crippen molar-refractivity contribution in [1.29, 1.82) is 0 Å². The maximum atomic E-state index is 12.0. The van der Waals surface area contributed by atoms with Crippen molar-refractivity contribution in [3.8, 4) is 11.1 Å². The zero-order chi connectivity index (χ0) is 16.8. The van der Waals surface area contributed by atoms with Gasteiger partial charge in [-0.05, 0) is 24.6 Å². The molecule has 7 nitrogen and oxygen atoms in total. The molecule has 0 aliphatic rings. The summed E-state index contributed by atoms with van der Waals surface area (Å²) < 4.78 is 5.71. The number of rotatable bonds is 2. The Hall–Kier alpha value is -3.06. The Balaban J connectivity index is 2.03. The number of nitrogens with one attached hydrogen (secondary N) is 1. The number of nitrogens with zero attached hydrogens (tertiary/aromatic N) is 3. The lowest BCUT2D eigenvalue weighted by Crippen LogP contribution is -2.16. The van der Waals surface area contributed by atoms with Gasteiger partial charge in [-0.1, -0.05) is 6.07 Å². The predicted molar refractivity (Wildman–Crippen MR) is 90.5 cm³/mol. The summed E-state index contributed by atoms with van der Waals surface area (Å²) in [4.78, 5) is 20.5. The highest BCUT2D eigenvalue weighted by Crippen LogP contribution is 2.31. The average Bonchev–Trinajstić information content (AvgIpc) is 2.94. The fraction of sp³-hybridized carbons (Fsp3) is 0.176. The van der Waals surface area contributed by atoms with Crippen LogP contribution in [0.1, 0.15) is 24.6 Å². The van der Waals surface area contributed by atoms with E-state index in [4.69, 9.17) is 10.2 Å². The molecule has 0 radical (unpaired) electrons. The molecule has 3 heterocycles. The minimum absolute atomic E-state index is 0.243. The molecule has 1 aromatic carbocycles. The third-order valence-corrected chi connectivity index (χ3v) is 3.97. The molecule has 0 spiro atoms. The van der Waals surface area contributed by atoms with E-state index in [1.165, 1.54) is 0 Å². The number of aromatic amines is 1. The van der Waals surface area contributed by atoms with E-state index in [9.17, 15) is 4.79 Å². The van der Waals surface area contributed by atoms with E-state index in [0.29, 0.717) is 28.1 Å². The smallest absolute Gasteiger partial charge is 0.272 e. The zero-order valence-corrected chi connectivity index (χ0v) is 13.2. The molecule has 0 aliphatic heterocycles. The summed E-state index contributed by atoms with van der Waals surface area (Å²) in [5, 5.41) is 7.86. The monoisotopic (exact) mass is 321 g/mol. The van der Waals surface area contributed by atoms with Crippen LogP contribution < -0.4 is 11.3 Å². The topological polar surface area (TPSA) is 111 Å². The predicted octanol–water partition coefficient (Wildman–Crippen LogP) is 2.45. The maximum absolute atomic E-state index is 12.0. The normalized spacial score (nSPS) is 12.8. The minimum atomic E-state index is -0.305. The largest absolute Gasteiger partial charge is 0.440 e. The molecule has 120 valence electrons. The number of nitrogens with two attached hydrogens (primary N) is 1. The molecule has 3 aromatic heterocycles. The Morgan fingerprint density at radius 3 is 2.88 bits per heavy atom. The Morgan fingerprint density at radius 2 is 2.08 bits per heavy atom. The van der Waals surface area contributed by atoms with E-state index in [2.05, 4.69) is 20.2 Å². The molecule has 0 amide bonds. The number of fused-ring (bicyclic) bond motifs is 2. The van der Waals surface area contributed by atoms with Gasteiger partial charge in [0.1, 0.15) is 5.52 Å². The standard InChI is InChI=1S/C17H15N5O2/c1-8(18)15-12-5-10(3-4-11(12)17(23)22-21-15)13-6-19-7-14-16(13)24-9(2)20-14/h3-8H,18H2,1-2H3,(H,22,23). The highest BCUT2D eigenvalue weighted by Gasteiger charge is 2.14. The molecule has 7 heteroatoms. The summed E-state index contributed by atoms with van der Waals surface area (Å²) >= 11 is 0. The van der Waals surface area contributed by atoms with Gasteiger partial charge in [-0.15, -0.1) is 0 Å². The van der Waals surface area contributed by atoms with Gasteiger partial charge in [0.05, 0.1) is 17.3 Å². The quantitative estimate of drug-likeness (QED) is 0.586. The molecular formula is C17H15N5O2. The van der Waals surface area contributed by atoms with Gasteiger partial charge >= 0.3 is 0 Å². The van der Waals surface area contributed by atoms with Gasteiger partial charge in [-0.3, -0.25) is 9.78 Å². The van der Waals surface area contributed by atoms with Gasteiger partial charge < -0.3 is 10.2 Å². The van der Waals surface area contributed by atoms with Crippen molar-refractivity contribution in [2.45, 2.75) is 19.9 Å². The molecular weight excluding hydrogens is 306 g/mol. The van der Waals surface area contributed by atoms with Crippen molar-refractivity contribution < 1.29 is 4.42 Å². The highest BCUT2D eigenvalue weighted by atomic mass is 16.3. The molecule has 1 unspecified atom stereocenters. The Kier molecular flexibility index (Phi) is 3.17. The molecule has 4 rings (SSSR count). The summed E-state index contributed by atoms with van der Waals surface area (Å²) in [6, 6.07) is 5.21. The Labute approximate surface area is 136 Å². The van der Waals surface area contributed by atoms with Gasteiger partial charge in [-0.25, -0.2) is 10.1 Å². The summed E-state index contributed by atoms with van der Waals surface area (Å²) in [6.07, 6.45) is 3.39. The van der Waals surface area contributed by atoms with E-state index < -0.39 is 0 Å². The van der Waals surface area contributed by atoms with Crippen LogP contribution in [-0.2, 0) is 0 Å². The lowest BCUT2D eigenvalue weighted by Gasteiger charge is -2.09. The second kappa shape index (κ2) is 5.24. The van der Waals surface area contributed by atoms with E-state index in [1.807, 2.05) is 19.1 Å². The molecule has 0 saturated carbocycles. The maximum Gasteiger partial charge on any atom is 0.272 e. The number of benzene rings is 1. The van der Waals surface area contributed by atoms with Crippen LogP contribution in [-0.4, -0.2) is 20.2 Å². The second-order valence-corrected chi connectivity index (χ2v) is 5.76. The van der Waals surface area contributed by atoms with Crippen molar-refractivity contribution in [2.24, 2.45) is 5.73 Å². The van der Waals surface area contributed by atoms with Crippen LogP contribution in [0.3, 0.4) is 0 Å². The van der Waals surface area contributed by atoms with Crippen molar-refractivity contribution in [3.05, 3.63) is 52.5 Å². The minimum Gasteiger partial charge on any atom is -0.440 e. The van der Waals surface area contributed by atoms with Crippen molar-refractivity contribution >= 4 is 21.9 Å². The summed E-state index contributed by atoms with van der Waals surface area (Å²) in [7, 11) is 0. The van der Waals surface area contributed by atoms with Gasteiger partial charge in [0.2, 0.25) is 0 Å². The molecule has 3 N–H and O–H groups in total. The van der Waals surface area contributed by atoms with Crippen molar-refractivity contribution in [2.75, 3.05) is 0 Å². The highest BCUT2D eigenvalue weighted by molar-refractivity contribution is 5.94. The molecule has 4 aromatic rings. The van der Waals surface area contributed by atoms with E-state index in [0.717, 1.165) is 16.5 Å². The average molecular weight is 321 g/mol. The summed E-state index contributed by atoms with van der Waals surface area (Å²) in [6.45, 7) is 3.62. The number of H-pyrrole nitrogens is 1. The number of pyridine rings is 1. The van der Waals surface area contributed by atoms with E-state index >= 15 is 0 Å². The van der Waals surface area contributed by atoms with Crippen molar-refractivity contribution in [3.63, 3.8) is 0 Å². The number of aryl methyl sites for hydroxylation is 1. The zero-order valence-electron chi connectivity index (χ0n) is 13.2. The first kappa shape index (κ1) is 14.5. The third-order valence-electron chi connectivity index (χ3n) is 3.97. The van der Waals surface area contributed by atoms with E-state index in [1.54, 1.807) is 25.4 Å². The summed E-state index contributed by atoms with van der Waals surface area (Å²) in [5.74, 6) is 0.578. The Bertz CT molecular complexity index is 1130. The van der Waals surface area contributed by atoms with Gasteiger partial charge in [0.15, 0.2) is 11.5 Å². The van der Waals surface area contributed by atoms with Crippen LogP contribution in [0, 0.1) is 6.92 Å². The number of oxazole rings is 1. The van der Waals surface area contributed by atoms with Crippen LogP contribution in [0.2, 0.25) is 0 Å². The lowest BCUT2D eigenvalue weighted by atomic mass is 10.0. The number of hydrogen-bond donors (Lipinski definition) is 2. The Morgan fingerprint density at radius 1 is 1.25 bits per heavy atom. The molecule has 1 atom stereocenters. The molecule has 0 fully saturated rings. The van der Waals surface area contributed by atoms with E-state index in [-0.39, 0.29) is 11.6 Å². The van der Waals surface area contributed by atoms with Crippen LogP contribution in [0.25, 0.3) is 33.0 Å². The lowest BCUT2D eigenvalue weighted by molar-refractivity contribution is 0.562. The van der Waals surface area contributed by atoms with Crippen LogP contribution >= 0.6 is 0 Å². The second-order valence-electron chi connectivity index (χ2n) is 5.76. The van der Waals surface area contributed by atoms with Crippen LogP contribution in [0.15, 0.2) is 39.8 Å². The third kappa shape index (κ3) is 2.17. The SMILES string of the molecule is Cc1nc2cncc(-c3ccc4c(=O)[nH]nc(C(C)N)c4c3)c2o1.